The van der Waals surface area contributed by atoms with Crippen molar-refractivity contribution in [1.29, 1.82) is 0 Å². The maximum Gasteiger partial charge on any atom is 0.308 e. The summed E-state index contributed by atoms with van der Waals surface area (Å²) >= 11 is 1.44. The first kappa shape index (κ1) is 18.1. The Morgan fingerprint density at radius 1 is 1.12 bits per heavy atom. The molecule has 0 fully saturated rings. The summed E-state index contributed by atoms with van der Waals surface area (Å²) in [4.78, 5) is 24.4. The number of hydrogen-bond donors (Lipinski definition) is 2. The first-order valence-corrected chi connectivity index (χ1v) is 8.76. The number of thioether (sulfide) groups is 1. The molecule has 24 heavy (non-hydrogen) atoms. The van der Waals surface area contributed by atoms with Crippen LogP contribution in [0.3, 0.4) is 0 Å². The van der Waals surface area contributed by atoms with E-state index in [4.69, 9.17) is 0 Å². The molecule has 0 radical (unpaired) electrons. The van der Waals surface area contributed by atoms with Gasteiger partial charge in [-0.2, -0.15) is 0 Å². The zero-order chi connectivity index (χ0) is 17.4. The van der Waals surface area contributed by atoms with Crippen LogP contribution in [0.5, 0.6) is 0 Å². The average Bonchev–Trinajstić information content (AvgIpc) is 2.57. The second-order valence-corrected chi connectivity index (χ2v) is 6.68. The van der Waals surface area contributed by atoms with Crippen LogP contribution in [-0.4, -0.2) is 29.3 Å². The Hall–Kier alpha value is -2.27. The van der Waals surface area contributed by atoms with E-state index in [0.717, 1.165) is 16.0 Å². The minimum Gasteiger partial charge on any atom is -0.481 e. The molecular formula is C19H21NO3S. The first-order valence-electron chi connectivity index (χ1n) is 7.77. The second kappa shape index (κ2) is 9.13. The molecule has 1 atom stereocenters. The van der Waals surface area contributed by atoms with Gasteiger partial charge in [-0.15, -0.1) is 11.8 Å². The number of aryl methyl sites for hydroxylation is 1. The Morgan fingerprint density at radius 2 is 1.88 bits per heavy atom. The summed E-state index contributed by atoms with van der Waals surface area (Å²) in [7, 11) is 0. The molecule has 5 heteroatoms. The Labute approximate surface area is 146 Å². The Kier molecular flexibility index (Phi) is 6.88. The standard InChI is InChI=1S/C19H21NO3S/c1-14-6-5-7-15(10-14)11-16(19(22)23)12-20-18(21)13-24-17-8-3-2-4-9-17/h2-10,16H,11-13H2,1H3,(H,20,21)(H,22,23). The molecule has 0 aliphatic rings. The minimum atomic E-state index is -0.896. The molecule has 1 amide bonds. The number of nitrogens with one attached hydrogen (secondary N) is 1. The van der Waals surface area contributed by atoms with Gasteiger partial charge in [0.25, 0.3) is 0 Å². The average molecular weight is 343 g/mol. The third-order valence-corrected chi connectivity index (χ3v) is 4.58. The fourth-order valence-electron chi connectivity index (χ4n) is 2.32. The predicted molar refractivity (Wildman–Crippen MR) is 96.2 cm³/mol. The molecule has 0 aliphatic heterocycles. The lowest BCUT2D eigenvalue weighted by Gasteiger charge is -2.14. The molecule has 0 bridgehead atoms. The van der Waals surface area contributed by atoms with Gasteiger partial charge in [-0.3, -0.25) is 9.59 Å². The van der Waals surface area contributed by atoms with E-state index >= 15 is 0 Å². The van der Waals surface area contributed by atoms with Crippen LogP contribution in [0.4, 0.5) is 0 Å². The summed E-state index contributed by atoms with van der Waals surface area (Å²) < 4.78 is 0. The van der Waals surface area contributed by atoms with Gasteiger partial charge in [0.1, 0.15) is 0 Å². The maximum atomic E-state index is 11.9. The van der Waals surface area contributed by atoms with Crippen LogP contribution in [0.1, 0.15) is 11.1 Å². The smallest absolute Gasteiger partial charge is 0.308 e. The Morgan fingerprint density at radius 3 is 2.54 bits per heavy atom. The van der Waals surface area contributed by atoms with Crippen LogP contribution in [-0.2, 0) is 16.0 Å². The molecule has 2 aromatic rings. The monoisotopic (exact) mass is 343 g/mol. The fraction of sp³-hybridized carbons (Fsp3) is 0.263. The summed E-state index contributed by atoms with van der Waals surface area (Å²) in [6, 6.07) is 17.4. The van der Waals surface area contributed by atoms with Crippen molar-refractivity contribution in [2.24, 2.45) is 5.92 Å². The van der Waals surface area contributed by atoms with Crippen molar-refractivity contribution in [2.75, 3.05) is 12.3 Å². The van der Waals surface area contributed by atoms with Crippen LogP contribution in [0.25, 0.3) is 0 Å². The fourth-order valence-corrected chi connectivity index (χ4v) is 3.07. The lowest BCUT2D eigenvalue weighted by atomic mass is 9.98. The largest absolute Gasteiger partial charge is 0.481 e. The van der Waals surface area contributed by atoms with Gasteiger partial charge in [0, 0.05) is 11.4 Å². The van der Waals surface area contributed by atoms with Crippen LogP contribution >= 0.6 is 11.8 Å². The molecule has 0 aliphatic carbocycles. The summed E-state index contributed by atoms with van der Waals surface area (Å²) in [5, 5.41) is 12.1. The molecule has 0 saturated heterocycles. The number of carboxylic acids is 1. The number of carbonyl (C=O) groups excluding carboxylic acids is 1. The van der Waals surface area contributed by atoms with Crippen LogP contribution in [0.2, 0.25) is 0 Å². The normalized spacial score (nSPS) is 11.7. The van der Waals surface area contributed by atoms with Gasteiger partial charge in [-0.05, 0) is 31.0 Å². The molecular weight excluding hydrogens is 322 g/mol. The highest BCUT2D eigenvalue weighted by atomic mass is 32.2. The maximum absolute atomic E-state index is 11.9. The molecule has 0 aromatic heterocycles. The van der Waals surface area contributed by atoms with Crippen molar-refractivity contribution in [2.45, 2.75) is 18.2 Å². The lowest BCUT2D eigenvalue weighted by Crippen LogP contribution is -2.35. The van der Waals surface area contributed by atoms with Crippen LogP contribution in [0.15, 0.2) is 59.5 Å². The molecule has 0 heterocycles. The number of aliphatic carboxylic acids is 1. The van der Waals surface area contributed by atoms with E-state index < -0.39 is 11.9 Å². The summed E-state index contributed by atoms with van der Waals surface area (Å²) in [5.74, 6) is -1.40. The molecule has 2 N–H and O–H groups in total. The Balaban J connectivity index is 1.82. The molecule has 2 aromatic carbocycles. The Bertz CT molecular complexity index is 688. The topological polar surface area (TPSA) is 66.4 Å². The highest BCUT2D eigenvalue weighted by molar-refractivity contribution is 8.00. The van der Waals surface area contributed by atoms with Crippen molar-refractivity contribution >= 4 is 23.6 Å². The van der Waals surface area contributed by atoms with Crippen molar-refractivity contribution < 1.29 is 14.7 Å². The van der Waals surface area contributed by atoms with Gasteiger partial charge in [0.2, 0.25) is 5.91 Å². The highest BCUT2D eigenvalue weighted by Gasteiger charge is 2.19. The van der Waals surface area contributed by atoms with E-state index in [1.807, 2.05) is 61.5 Å². The van der Waals surface area contributed by atoms with Gasteiger partial charge in [-0.25, -0.2) is 0 Å². The quantitative estimate of drug-likeness (QED) is 0.723. The van der Waals surface area contributed by atoms with Crippen LogP contribution in [0, 0.1) is 12.8 Å². The number of carbonyl (C=O) groups is 2. The van der Waals surface area contributed by atoms with Gasteiger partial charge < -0.3 is 10.4 Å². The van der Waals surface area contributed by atoms with E-state index in [-0.39, 0.29) is 18.2 Å². The first-order chi connectivity index (χ1) is 11.5. The second-order valence-electron chi connectivity index (χ2n) is 5.63. The van der Waals surface area contributed by atoms with Gasteiger partial charge >= 0.3 is 5.97 Å². The number of carboxylic acid groups (broad SMARTS) is 1. The lowest BCUT2D eigenvalue weighted by molar-refractivity contribution is -0.141. The summed E-state index contributed by atoms with van der Waals surface area (Å²) in [6.45, 7) is 2.11. The van der Waals surface area contributed by atoms with Crippen molar-refractivity contribution in [3.8, 4) is 0 Å². The predicted octanol–water partition coefficient (Wildman–Crippen LogP) is 3.15. The molecule has 126 valence electrons. The van der Waals surface area contributed by atoms with Crippen LogP contribution < -0.4 is 5.32 Å². The van der Waals surface area contributed by atoms with Crippen molar-refractivity contribution in [1.82, 2.24) is 5.32 Å². The molecule has 1 unspecified atom stereocenters. The van der Waals surface area contributed by atoms with Crippen molar-refractivity contribution in [3.63, 3.8) is 0 Å². The summed E-state index contributed by atoms with van der Waals surface area (Å²) in [5.41, 5.74) is 2.07. The molecule has 2 rings (SSSR count). The number of rotatable bonds is 8. The van der Waals surface area contributed by atoms with E-state index in [0.29, 0.717) is 6.42 Å². The van der Waals surface area contributed by atoms with E-state index in [9.17, 15) is 14.7 Å². The zero-order valence-corrected chi connectivity index (χ0v) is 14.4. The van der Waals surface area contributed by atoms with Gasteiger partial charge in [0.15, 0.2) is 0 Å². The molecule has 0 saturated carbocycles. The van der Waals surface area contributed by atoms with Gasteiger partial charge in [-0.1, -0.05) is 48.0 Å². The zero-order valence-electron chi connectivity index (χ0n) is 13.6. The van der Waals surface area contributed by atoms with E-state index in [1.165, 1.54) is 11.8 Å². The van der Waals surface area contributed by atoms with E-state index in [2.05, 4.69) is 5.32 Å². The molecule has 4 nitrogen and oxygen atoms in total. The minimum absolute atomic E-state index is 0.136. The van der Waals surface area contributed by atoms with Crippen molar-refractivity contribution in [3.05, 3.63) is 65.7 Å². The van der Waals surface area contributed by atoms with Gasteiger partial charge in [0.05, 0.1) is 11.7 Å². The number of amides is 1. The molecule has 0 spiro atoms. The SMILES string of the molecule is Cc1cccc(CC(CNC(=O)CSc2ccccc2)C(=O)O)c1. The number of benzene rings is 2. The number of hydrogen-bond acceptors (Lipinski definition) is 3. The third-order valence-electron chi connectivity index (χ3n) is 3.57. The van der Waals surface area contributed by atoms with E-state index in [1.54, 1.807) is 0 Å². The highest BCUT2D eigenvalue weighted by Crippen LogP contribution is 2.16. The summed E-state index contributed by atoms with van der Waals surface area (Å²) in [6.07, 6.45) is 0.406. The third kappa shape index (κ3) is 6.08.